The highest BCUT2D eigenvalue weighted by atomic mass is 32.2. The molecule has 0 heterocycles. The first-order valence-corrected chi connectivity index (χ1v) is 6.76. The first-order valence-electron chi connectivity index (χ1n) is 5.94. The Labute approximate surface area is 104 Å². The van der Waals surface area contributed by atoms with Crippen molar-refractivity contribution in [3.63, 3.8) is 0 Å². The minimum atomic E-state index is 0.279. The van der Waals surface area contributed by atoms with E-state index in [2.05, 4.69) is 52.0 Å². The summed E-state index contributed by atoms with van der Waals surface area (Å²) in [7, 11) is 0. The van der Waals surface area contributed by atoms with Gasteiger partial charge < -0.3 is 5.73 Å². The minimum Gasteiger partial charge on any atom is -0.327 e. The van der Waals surface area contributed by atoms with Crippen LogP contribution < -0.4 is 5.73 Å². The van der Waals surface area contributed by atoms with Gasteiger partial charge in [-0.2, -0.15) is 0 Å². The van der Waals surface area contributed by atoms with E-state index in [0.717, 1.165) is 12.8 Å². The van der Waals surface area contributed by atoms with E-state index in [9.17, 15) is 0 Å². The van der Waals surface area contributed by atoms with Gasteiger partial charge in [0.15, 0.2) is 0 Å². The zero-order valence-corrected chi connectivity index (χ0v) is 11.6. The van der Waals surface area contributed by atoms with Crippen molar-refractivity contribution >= 4 is 11.8 Å². The second-order valence-corrected chi connectivity index (χ2v) is 7.13. The average molecular weight is 237 g/mol. The Morgan fingerprint density at radius 2 is 1.75 bits per heavy atom. The van der Waals surface area contributed by atoms with Crippen LogP contribution in [0, 0.1) is 0 Å². The lowest BCUT2D eigenvalue weighted by Gasteiger charge is -2.17. The van der Waals surface area contributed by atoms with Crippen LogP contribution in [0.5, 0.6) is 0 Å². The van der Waals surface area contributed by atoms with Crippen molar-refractivity contribution in [3.8, 4) is 0 Å². The summed E-state index contributed by atoms with van der Waals surface area (Å²) in [5, 5.41) is 0. The molecule has 0 aliphatic rings. The Bertz CT molecular complexity index is 311. The molecule has 0 aromatic heterocycles. The van der Waals surface area contributed by atoms with Crippen LogP contribution in [0.3, 0.4) is 0 Å². The molecule has 16 heavy (non-hydrogen) atoms. The molecule has 0 saturated carbocycles. The molecule has 0 fully saturated rings. The van der Waals surface area contributed by atoms with Crippen LogP contribution in [0.4, 0.5) is 0 Å². The van der Waals surface area contributed by atoms with Gasteiger partial charge in [-0.3, -0.25) is 0 Å². The highest BCUT2D eigenvalue weighted by Crippen LogP contribution is 2.31. The van der Waals surface area contributed by atoms with E-state index in [4.69, 9.17) is 5.73 Å². The maximum atomic E-state index is 5.94. The summed E-state index contributed by atoms with van der Waals surface area (Å²) >= 11 is 1.90. The summed E-state index contributed by atoms with van der Waals surface area (Å²) in [5.74, 6) is 0. The smallest absolute Gasteiger partial charge is 0.0122 e. The molecular weight excluding hydrogens is 214 g/mol. The maximum absolute atomic E-state index is 5.94. The fraction of sp³-hybridized carbons (Fsp3) is 0.571. The second kappa shape index (κ2) is 5.74. The van der Waals surface area contributed by atoms with Crippen LogP contribution in [0.1, 0.15) is 39.7 Å². The van der Waals surface area contributed by atoms with Crippen LogP contribution in [-0.2, 0) is 6.42 Å². The van der Waals surface area contributed by atoms with E-state index in [-0.39, 0.29) is 4.75 Å². The maximum Gasteiger partial charge on any atom is 0.0122 e. The van der Waals surface area contributed by atoms with E-state index in [0.29, 0.717) is 6.04 Å². The minimum absolute atomic E-state index is 0.279. The Morgan fingerprint density at radius 1 is 1.19 bits per heavy atom. The van der Waals surface area contributed by atoms with Crippen LogP contribution in [0.15, 0.2) is 29.2 Å². The zero-order chi connectivity index (χ0) is 12.2. The first-order chi connectivity index (χ1) is 7.40. The Hall–Kier alpha value is -0.470. The number of rotatable bonds is 4. The summed E-state index contributed by atoms with van der Waals surface area (Å²) in [6, 6.07) is 9.09. The Kier molecular flexibility index (Phi) is 4.88. The normalized spacial score (nSPS) is 13.8. The largest absolute Gasteiger partial charge is 0.327 e. The fourth-order valence-corrected chi connectivity index (χ4v) is 2.47. The van der Waals surface area contributed by atoms with Gasteiger partial charge in [0.2, 0.25) is 0 Å². The lowest BCUT2D eigenvalue weighted by molar-refractivity contribution is 0.646. The predicted molar refractivity (Wildman–Crippen MR) is 74.0 cm³/mol. The van der Waals surface area contributed by atoms with Gasteiger partial charge in [0.25, 0.3) is 0 Å². The topological polar surface area (TPSA) is 26.0 Å². The average Bonchev–Trinajstić information content (AvgIpc) is 2.18. The molecule has 1 nitrogen and oxygen atoms in total. The van der Waals surface area contributed by atoms with Crippen molar-refractivity contribution < 1.29 is 0 Å². The van der Waals surface area contributed by atoms with Gasteiger partial charge in [-0.05, 0) is 30.5 Å². The molecule has 1 unspecified atom stereocenters. The summed E-state index contributed by atoms with van der Waals surface area (Å²) < 4.78 is 0.279. The van der Waals surface area contributed by atoms with Gasteiger partial charge in [-0.25, -0.2) is 0 Å². The lowest BCUT2D eigenvalue weighted by Crippen LogP contribution is -2.21. The third-order valence-corrected chi connectivity index (χ3v) is 3.49. The van der Waals surface area contributed by atoms with Crippen molar-refractivity contribution in [2.45, 2.75) is 56.2 Å². The highest BCUT2D eigenvalue weighted by molar-refractivity contribution is 8.00. The molecular formula is C14H23NS. The van der Waals surface area contributed by atoms with Gasteiger partial charge >= 0.3 is 0 Å². The van der Waals surface area contributed by atoms with Gasteiger partial charge in [0, 0.05) is 15.7 Å². The van der Waals surface area contributed by atoms with Gasteiger partial charge in [-0.15, -0.1) is 11.8 Å². The van der Waals surface area contributed by atoms with E-state index < -0.39 is 0 Å². The van der Waals surface area contributed by atoms with Crippen LogP contribution in [-0.4, -0.2) is 10.8 Å². The third kappa shape index (κ3) is 5.04. The fourth-order valence-electron chi connectivity index (χ4n) is 1.49. The number of thioether (sulfide) groups is 1. The molecule has 0 saturated heterocycles. The third-order valence-electron chi connectivity index (χ3n) is 2.37. The van der Waals surface area contributed by atoms with Crippen molar-refractivity contribution in [2.24, 2.45) is 5.73 Å². The summed E-state index contributed by atoms with van der Waals surface area (Å²) in [5.41, 5.74) is 7.28. The van der Waals surface area contributed by atoms with Gasteiger partial charge in [0.1, 0.15) is 0 Å². The monoisotopic (exact) mass is 237 g/mol. The van der Waals surface area contributed by atoms with Crippen molar-refractivity contribution in [3.05, 3.63) is 29.8 Å². The molecule has 2 heteroatoms. The molecule has 2 N–H and O–H groups in total. The van der Waals surface area contributed by atoms with Crippen molar-refractivity contribution in [1.29, 1.82) is 0 Å². The Morgan fingerprint density at radius 3 is 2.19 bits per heavy atom. The molecule has 1 aromatic rings. The highest BCUT2D eigenvalue weighted by Gasteiger charge is 2.11. The summed E-state index contributed by atoms with van der Waals surface area (Å²) in [6.45, 7) is 8.84. The molecule has 0 radical (unpaired) electrons. The molecule has 0 spiro atoms. The van der Waals surface area contributed by atoms with Crippen LogP contribution >= 0.6 is 11.8 Å². The molecule has 1 atom stereocenters. The van der Waals surface area contributed by atoms with E-state index in [1.807, 2.05) is 11.8 Å². The summed E-state index contributed by atoms with van der Waals surface area (Å²) in [4.78, 5) is 1.33. The molecule has 0 bridgehead atoms. The molecule has 0 amide bonds. The SMILES string of the molecule is CCC(N)Cc1ccc(SC(C)(C)C)cc1. The van der Waals surface area contributed by atoms with Gasteiger partial charge in [0.05, 0.1) is 0 Å². The number of benzene rings is 1. The Balaban J connectivity index is 2.61. The molecule has 0 aliphatic heterocycles. The lowest BCUT2D eigenvalue weighted by atomic mass is 10.1. The number of hydrogen-bond acceptors (Lipinski definition) is 2. The first kappa shape index (κ1) is 13.6. The quantitative estimate of drug-likeness (QED) is 0.805. The zero-order valence-electron chi connectivity index (χ0n) is 10.8. The van der Waals surface area contributed by atoms with Crippen LogP contribution in [0.25, 0.3) is 0 Å². The number of hydrogen-bond donors (Lipinski definition) is 1. The summed E-state index contributed by atoms with van der Waals surface area (Å²) in [6.07, 6.45) is 2.02. The van der Waals surface area contributed by atoms with Crippen molar-refractivity contribution in [1.82, 2.24) is 0 Å². The predicted octanol–water partition coefficient (Wildman–Crippen LogP) is 3.86. The van der Waals surface area contributed by atoms with E-state index in [1.165, 1.54) is 10.5 Å². The second-order valence-electron chi connectivity index (χ2n) is 5.23. The van der Waals surface area contributed by atoms with Crippen LogP contribution in [0.2, 0.25) is 0 Å². The van der Waals surface area contributed by atoms with E-state index >= 15 is 0 Å². The molecule has 0 aliphatic carbocycles. The molecule has 1 aromatic carbocycles. The van der Waals surface area contributed by atoms with Crippen molar-refractivity contribution in [2.75, 3.05) is 0 Å². The van der Waals surface area contributed by atoms with Gasteiger partial charge in [-0.1, -0.05) is 39.8 Å². The van der Waals surface area contributed by atoms with E-state index in [1.54, 1.807) is 0 Å². The molecule has 1 rings (SSSR count). The number of nitrogens with two attached hydrogens (primary N) is 1. The standard InChI is InChI=1S/C14H23NS/c1-5-12(15)10-11-6-8-13(9-7-11)16-14(2,3)4/h6-9,12H,5,10,15H2,1-4H3. The molecule has 90 valence electrons.